The molecule has 4 aliphatic rings. The standard InChI is InChI=1S/C16H18FN3O/c1-10(21)20-15(12-3-2-4-13(17)9-12)16-14(18-20)11-5-7-19(16)8-6-11/h2-4,9,11,15-16H,5-8H2,1H3/p+1/t15-,16+/m1/s1. The van der Waals surface area contributed by atoms with Gasteiger partial charge in [-0.2, -0.15) is 5.10 Å². The van der Waals surface area contributed by atoms with Crippen molar-refractivity contribution in [3.05, 3.63) is 35.6 Å². The van der Waals surface area contributed by atoms with Gasteiger partial charge in [0.1, 0.15) is 17.6 Å². The number of hydrogen-bond donors (Lipinski definition) is 1. The molecule has 1 aromatic rings. The highest BCUT2D eigenvalue weighted by molar-refractivity contribution is 5.95. The van der Waals surface area contributed by atoms with Crippen LogP contribution in [0.4, 0.5) is 4.39 Å². The number of benzene rings is 1. The molecule has 1 N–H and O–H groups in total. The van der Waals surface area contributed by atoms with Gasteiger partial charge in [-0.3, -0.25) is 4.79 Å². The molecule has 3 fully saturated rings. The number of quaternary nitrogens is 1. The van der Waals surface area contributed by atoms with Crippen molar-refractivity contribution in [1.29, 1.82) is 0 Å². The van der Waals surface area contributed by atoms with Crippen molar-refractivity contribution in [3.8, 4) is 0 Å². The number of rotatable bonds is 1. The summed E-state index contributed by atoms with van der Waals surface area (Å²) in [6.45, 7) is 3.80. The Labute approximate surface area is 123 Å². The van der Waals surface area contributed by atoms with Gasteiger partial charge in [-0.05, 0) is 17.7 Å². The molecule has 4 nitrogen and oxygen atoms in total. The van der Waals surface area contributed by atoms with E-state index < -0.39 is 0 Å². The van der Waals surface area contributed by atoms with Crippen LogP contribution in [0.25, 0.3) is 0 Å². The lowest BCUT2D eigenvalue weighted by Gasteiger charge is -2.42. The fourth-order valence-electron chi connectivity index (χ4n) is 4.21. The monoisotopic (exact) mass is 288 g/mol. The molecule has 0 aliphatic carbocycles. The van der Waals surface area contributed by atoms with E-state index in [-0.39, 0.29) is 23.8 Å². The number of hydrogen-bond acceptors (Lipinski definition) is 2. The van der Waals surface area contributed by atoms with Crippen molar-refractivity contribution in [1.82, 2.24) is 5.01 Å². The minimum absolute atomic E-state index is 0.0637. The van der Waals surface area contributed by atoms with Crippen LogP contribution in [0.3, 0.4) is 0 Å². The molecule has 110 valence electrons. The second-order valence-electron chi connectivity index (χ2n) is 6.30. The number of carbonyl (C=O) groups is 1. The molecule has 2 atom stereocenters. The first-order valence-electron chi connectivity index (χ1n) is 7.63. The summed E-state index contributed by atoms with van der Waals surface area (Å²) in [5.41, 5.74) is 2.01. The topological polar surface area (TPSA) is 37.1 Å². The van der Waals surface area contributed by atoms with Crippen molar-refractivity contribution in [2.75, 3.05) is 13.1 Å². The molecule has 1 amide bonds. The summed E-state index contributed by atoms with van der Waals surface area (Å²) in [4.78, 5) is 13.5. The Bertz CT molecular complexity index is 622. The lowest BCUT2D eigenvalue weighted by atomic mass is 9.78. The quantitative estimate of drug-likeness (QED) is 0.814. The normalized spacial score (nSPS) is 33.8. The molecule has 3 saturated heterocycles. The first-order valence-corrected chi connectivity index (χ1v) is 7.63. The summed E-state index contributed by atoms with van der Waals surface area (Å²) in [5.74, 6) is 0.189. The predicted molar refractivity (Wildman–Crippen MR) is 76.3 cm³/mol. The van der Waals surface area contributed by atoms with Crippen molar-refractivity contribution >= 4 is 11.6 Å². The van der Waals surface area contributed by atoms with E-state index in [9.17, 15) is 9.18 Å². The van der Waals surface area contributed by atoms with Gasteiger partial charge >= 0.3 is 0 Å². The maximum Gasteiger partial charge on any atom is 0.240 e. The molecule has 0 radical (unpaired) electrons. The highest BCUT2D eigenvalue weighted by Gasteiger charge is 2.53. The molecule has 4 aliphatic heterocycles. The average Bonchev–Trinajstić information content (AvgIpc) is 2.91. The van der Waals surface area contributed by atoms with Gasteiger partial charge in [0.2, 0.25) is 5.91 Å². The van der Waals surface area contributed by atoms with E-state index in [1.165, 1.54) is 11.0 Å². The van der Waals surface area contributed by atoms with E-state index in [4.69, 9.17) is 0 Å². The summed E-state index contributed by atoms with van der Waals surface area (Å²) in [6.07, 6.45) is 2.32. The third kappa shape index (κ3) is 1.91. The van der Waals surface area contributed by atoms with Gasteiger partial charge in [-0.15, -0.1) is 0 Å². The van der Waals surface area contributed by atoms with E-state index in [0.29, 0.717) is 5.92 Å². The van der Waals surface area contributed by atoms with Crippen LogP contribution in [0.2, 0.25) is 0 Å². The van der Waals surface area contributed by atoms with Crippen LogP contribution in [0.1, 0.15) is 31.4 Å². The van der Waals surface area contributed by atoms with Gasteiger partial charge in [0.05, 0.1) is 13.1 Å². The van der Waals surface area contributed by atoms with E-state index in [0.717, 1.165) is 37.2 Å². The number of carbonyl (C=O) groups excluding carboxylic acids is 1. The molecule has 2 bridgehead atoms. The molecule has 5 heteroatoms. The van der Waals surface area contributed by atoms with Crippen LogP contribution in [-0.2, 0) is 4.79 Å². The smallest absolute Gasteiger partial charge is 0.240 e. The molecule has 5 rings (SSSR count). The second-order valence-corrected chi connectivity index (χ2v) is 6.30. The first-order chi connectivity index (χ1) is 10.1. The Morgan fingerprint density at radius 2 is 2.14 bits per heavy atom. The number of piperidine rings is 3. The van der Waals surface area contributed by atoms with E-state index in [1.54, 1.807) is 24.1 Å². The third-order valence-electron chi connectivity index (χ3n) is 5.12. The summed E-state index contributed by atoms with van der Waals surface area (Å²) in [7, 11) is 0. The van der Waals surface area contributed by atoms with Crippen LogP contribution >= 0.6 is 0 Å². The maximum atomic E-state index is 13.6. The Hall–Kier alpha value is -1.75. The fraction of sp³-hybridized carbons (Fsp3) is 0.500. The highest BCUT2D eigenvalue weighted by Crippen LogP contribution is 2.36. The average molecular weight is 288 g/mol. The van der Waals surface area contributed by atoms with E-state index >= 15 is 0 Å². The largest absolute Gasteiger partial charge is 0.326 e. The Balaban J connectivity index is 1.79. The maximum absolute atomic E-state index is 13.6. The zero-order valence-corrected chi connectivity index (χ0v) is 12.1. The van der Waals surface area contributed by atoms with Crippen LogP contribution in [0, 0.1) is 11.7 Å². The molecule has 1 aromatic carbocycles. The van der Waals surface area contributed by atoms with Crippen LogP contribution in [0.5, 0.6) is 0 Å². The van der Waals surface area contributed by atoms with Crippen molar-refractivity contribution in [2.24, 2.45) is 11.0 Å². The molecule has 4 heterocycles. The van der Waals surface area contributed by atoms with Gasteiger partial charge in [-0.25, -0.2) is 9.40 Å². The lowest BCUT2D eigenvalue weighted by molar-refractivity contribution is -0.927. The number of nitrogens with one attached hydrogen (secondary N) is 1. The van der Waals surface area contributed by atoms with Crippen molar-refractivity contribution in [3.63, 3.8) is 0 Å². The Kier molecular flexibility index (Phi) is 2.85. The summed E-state index contributed by atoms with van der Waals surface area (Å²) in [5, 5.41) is 6.22. The highest BCUT2D eigenvalue weighted by atomic mass is 19.1. The molecule has 21 heavy (non-hydrogen) atoms. The Morgan fingerprint density at radius 1 is 1.38 bits per heavy atom. The minimum atomic E-state index is -0.254. The summed E-state index contributed by atoms with van der Waals surface area (Å²) >= 11 is 0. The van der Waals surface area contributed by atoms with Gasteiger partial charge < -0.3 is 4.90 Å². The summed E-state index contributed by atoms with van der Waals surface area (Å²) < 4.78 is 13.6. The minimum Gasteiger partial charge on any atom is -0.326 e. The molecule has 0 aromatic heterocycles. The van der Waals surface area contributed by atoms with Gasteiger partial charge in [0, 0.05) is 25.7 Å². The summed E-state index contributed by atoms with van der Waals surface area (Å²) in [6, 6.07) is 6.67. The van der Waals surface area contributed by atoms with Crippen LogP contribution in [-0.4, -0.2) is 35.8 Å². The number of halogens is 1. The van der Waals surface area contributed by atoms with Gasteiger partial charge in [0.25, 0.3) is 0 Å². The van der Waals surface area contributed by atoms with E-state index in [2.05, 4.69) is 5.10 Å². The number of amides is 1. The van der Waals surface area contributed by atoms with Gasteiger partial charge in [0.15, 0.2) is 6.04 Å². The van der Waals surface area contributed by atoms with Crippen LogP contribution < -0.4 is 4.90 Å². The molecular formula is C16H19FN3O+. The SMILES string of the molecule is CC(=O)N1N=C2C3CC[NH+](CC3)[C@@H]2[C@H]1c1cccc(F)c1. The molecule has 0 saturated carbocycles. The number of nitrogens with zero attached hydrogens (tertiary/aromatic N) is 2. The molecular weight excluding hydrogens is 269 g/mol. The fourth-order valence-corrected chi connectivity index (χ4v) is 4.21. The first kappa shape index (κ1) is 13.0. The van der Waals surface area contributed by atoms with Crippen LogP contribution in [0.15, 0.2) is 29.4 Å². The zero-order valence-electron chi connectivity index (χ0n) is 12.1. The van der Waals surface area contributed by atoms with Gasteiger partial charge in [-0.1, -0.05) is 12.1 Å². The second kappa shape index (κ2) is 4.63. The van der Waals surface area contributed by atoms with E-state index in [1.807, 2.05) is 6.07 Å². The van der Waals surface area contributed by atoms with Crippen molar-refractivity contribution < 1.29 is 14.1 Å². The third-order valence-corrected chi connectivity index (χ3v) is 5.12. The number of fused-ring (bicyclic) bond motifs is 2. The van der Waals surface area contributed by atoms with Crippen molar-refractivity contribution in [2.45, 2.75) is 31.8 Å². The Morgan fingerprint density at radius 3 is 2.81 bits per heavy atom. The lowest BCUT2D eigenvalue weighted by Crippen LogP contribution is -3.20. The predicted octanol–water partition coefficient (Wildman–Crippen LogP) is 0.762. The molecule has 0 spiro atoms. The molecule has 0 unspecified atom stereocenters. The number of hydrazone groups is 1. The zero-order chi connectivity index (χ0) is 14.6.